The highest BCUT2D eigenvalue weighted by atomic mass is 32.2. The molecule has 3 heteroatoms. The molecular weight excluding hydrogens is 170 g/mol. The van der Waals surface area contributed by atoms with E-state index in [0.717, 1.165) is 5.75 Å². The molecular formula is C9H9NOS. The number of carbonyl (C=O) groups is 1. The summed E-state index contributed by atoms with van der Waals surface area (Å²) in [5.41, 5.74) is 1.19. The Labute approximate surface area is 75.4 Å². The van der Waals surface area contributed by atoms with Crippen molar-refractivity contribution in [3.05, 3.63) is 35.9 Å². The van der Waals surface area contributed by atoms with Gasteiger partial charge in [-0.25, -0.2) is 0 Å². The Hall–Kier alpha value is -0.960. The molecule has 1 fully saturated rings. The normalized spacial score (nSPS) is 22.3. The lowest BCUT2D eigenvalue weighted by Crippen LogP contribution is -2.17. The van der Waals surface area contributed by atoms with E-state index in [2.05, 4.69) is 5.32 Å². The van der Waals surface area contributed by atoms with Crippen LogP contribution in [0.4, 0.5) is 4.79 Å². The summed E-state index contributed by atoms with van der Waals surface area (Å²) in [7, 11) is 0. The predicted molar refractivity (Wildman–Crippen MR) is 50.2 cm³/mol. The first-order chi connectivity index (χ1) is 5.86. The number of hydrogen-bond acceptors (Lipinski definition) is 2. The van der Waals surface area contributed by atoms with Crippen LogP contribution in [0.1, 0.15) is 11.6 Å². The molecule has 1 saturated heterocycles. The van der Waals surface area contributed by atoms with Gasteiger partial charge in [0.2, 0.25) is 0 Å². The molecule has 1 aromatic rings. The summed E-state index contributed by atoms with van der Waals surface area (Å²) in [5.74, 6) is 0.850. The number of benzene rings is 1. The minimum atomic E-state index is 0.0869. The molecule has 12 heavy (non-hydrogen) atoms. The van der Waals surface area contributed by atoms with Gasteiger partial charge < -0.3 is 5.32 Å². The van der Waals surface area contributed by atoms with E-state index < -0.39 is 0 Å². The monoisotopic (exact) mass is 179 g/mol. The van der Waals surface area contributed by atoms with Crippen molar-refractivity contribution >= 4 is 17.0 Å². The number of nitrogens with one attached hydrogen (secondary N) is 1. The van der Waals surface area contributed by atoms with Gasteiger partial charge in [0, 0.05) is 5.75 Å². The van der Waals surface area contributed by atoms with Crippen molar-refractivity contribution in [2.75, 3.05) is 5.75 Å². The van der Waals surface area contributed by atoms with Crippen molar-refractivity contribution in [1.82, 2.24) is 5.32 Å². The maximum Gasteiger partial charge on any atom is 0.279 e. The fourth-order valence-electron chi connectivity index (χ4n) is 1.25. The first-order valence-electron chi connectivity index (χ1n) is 3.84. The lowest BCUT2D eigenvalue weighted by Gasteiger charge is -2.07. The zero-order valence-corrected chi connectivity index (χ0v) is 7.30. The SMILES string of the molecule is O=C1N[C@H](c2ccccc2)CS1. The largest absolute Gasteiger partial charge is 0.339 e. The van der Waals surface area contributed by atoms with Gasteiger partial charge in [0.05, 0.1) is 6.04 Å². The van der Waals surface area contributed by atoms with Crippen molar-refractivity contribution < 1.29 is 4.79 Å². The van der Waals surface area contributed by atoms with E-state index in [1.807, 2.05) is 30.3 Å². The zero-order chi connectivity index (χ0) is 8.39. The summed E-state index contributed by atoms with van der Waals surface area (Å²) >= 11 is 1.35. The smallest absolute Gasteiger partial charge is 0.279 e. The topological polar surface area (TPSA) is 29.1 Å². The van der Waals surface area contributed by atoms with Crippen molar-refractivity contribution in [1.29, 1.82) is 0 Å². The molecule has 0 aromatic heterocycles. The number of carbonyl (C=O) groups excluding carboxylic acids is 1. The molecule has 1 aliphatic rings. The summed E-state index contributed by atoms with van der Waals surface area (Å²) in [6, 6.07) is 10.2. The Morgan fingerprint density at radius 2 is 2.08 bits per heavy atom. The standard InChI is InChI=1S/C9H9NOS/c11-9-10-8(6-12-9)7-4-2-1-3-5-7/h1-5,8H,6H2,(H,10,11)/t8-/m0/s1. The van der Waals surface area contributed by atoms with Crippen LogP contribution < -0.4 is 5.32 Å². The van der Waals surface area contributed by atoms with Gasteiger partial charge in [-0.3, -0.25) is 4.79 Å². The summed E-state index contributed by atoms with van der Waals surface area (Å²) in [6.45, 7) is 0. The van der Waals surface area contributed by atoms with Gasteiger partial charge in [-0.2, -0.15) is 0 Å². The first-order valence-corrected chi connectivity index (χ1v) is 4.83. The molecule has 2 nitrogen and oxygen atoms in total. The Morgan fingerprint density at radius 1 is 1.33 bits per heavy atom. The third kappa shape index (κ3) is 1.46. The second-order valence-electron chi connectivity index (χ2n) is 2.71. The van der Waals surface area contributed by atoms with Gasteiger partial charge in [0.15, 0.2) is 0 Å². The fraction of sp³-hybridized carbons (Fsp3) is 0.222. The van der Waals surface area contributed by atoms with Crippen molar-refractivity contribution in [3.8, 4) is 0 Å². The molecule has 1 atom stereocenters. The molecule has 2 rings (SSSR count). The van der Waals surface area contributed by atoms with E-state index in [9.17, 15) is 4.79 Å². The second-order valence-corrected chi connectivity index (χ2v) is 3.70. The summed E-state index contributed by atoms with van der Waals surface area (Å²) in [5, 5.41) is 2.98. The highest BCUT2D eigenvalue weighted by Crippen LogP contribution is 2.25. The van der Waals surface area contributed by atoms with Crippen LogP contribution in [0.2, 0.25) is 0 Å². The van der Waals surface area contributed by atoms with E-state index in [1.54, 1.807) is 0 Å². The average Bonchev–Trinajstić information content (AvgIpc) is 2.54. The number of amides is 1. The molecule has 1 aliphatic heterocycles. The van der Waals surface area contributed by atoms with E-state index in [4.69, 9.17) is 0 Å². The van der Waals surface area contributed by atoms with Gasteiger partial charge in [-0.05, 0) is 5.56 Å². The second kappa shape index (κ2) is 3.19. The Balaban J connectivity index is 2.16. The number of hydrogen-bond donors (Lipinski definition) is 1. The van der Waals surface area contributed by atoms with E-state index in [1.165, 1.54) is 17.3 Å². The van der Waals surface area contributed by atoms with Crippen LogP contribution in [0.5, 0.6) is 0 Å². The summed E-state index contributed by atoms with van der Waals surface area (Å²) < 4.78 is 0. The van der Waals surface area contributed by atoms with E-state index in [0.29, 0.717) is 0 Å². The molecule has 62 valence electrons. The Kier molecular flexibility index (Phi) is 2.04. The first kappa shape index (κ1) is 7.68. The summed E-state index contributed by atoms with van der Waals surface area (Å²) in [6.07, 6.45) is 0. The lowest BCUT2D eigenvalue weighted by molar-refractivity contribution is 0.260. The van der Waals surface area contributed by atoms with Crippen LogP contribution >= 0.6 is 11.8 Å². The van der Waals surface area contributed by atoms with Crippen molar-refractivity contribution in [2.24, 2.45) is 0 Å². The molecule has 1 amide bonds. The van der Waals surface area contributed by atoms with E-state index >= 15 is 0 Å². The molecule has 1 N–H and O–H groups in total. The minimum Gasteiger partial charge on any atom is -0.339 e. The van der Waals surface area contributed by atoms with Crippen LogP contribution in [-0.4, -0.2) is 11.0 Å². The molecule has 0 saturated carbocycles. The van der Waals surface area contributed by atoms with Crippen molar-refractivity contribution in [3.63, 3.8) is 0 Å². The maximum atomic E-state index is 10.9. The van der Waals surface area contributed by atoms with Crippen LogP contribution in [0.15, 0.2) is 30.3 Å². The molecule has 1 aromatic carbocycles. The van der Waals surface area contributed by atoms with Gasteiger partial charge in [0.1, 0.15) is 0 Å². The number of thioether (sulfide) groups is 1. The molecule has 0 bridgehead atoms. The highest BCUT2D eigenvalue weighted by Gasteiger charge is 2.22. The van der Waals surface area contributed by atoms with Crippen molar-refractivity contribution in [2.45, 2.75) is 6.04 Å². The predicted octanol–water partition coefficient (Wildman–Crippen LogP) is 2.18. The third-order valence-corrected chi connectivity index (χ3v) is 2.76. The zero-order valence-electron chi connectivity index (χ0n) is 6.49. The molecule has 0 radical (unpaired) electrons. The fourth-order valence-corrected chi connectivity index (χ4v) is 2.07. The van der Waals surface area contributed by atoms with Crippen LogP contribution in [0.25, 0.3) is 0 Å². The lowest BCUT2D eigenvalue weighted by atomic mass is 10.1. The van der Waals surface area contributed by atoms with Crippen LogP contribution in [0, 0.1) is 0 Å². The van der Waals surface area contributed by atoms with Gasteiger partial charge in [0.25, 0.3) is 5.24 Å². The minimum absolute atomic E-state index is 0.0869. The molecule has 0 spiro atoms. The van der Waals surface area contributed by atoms with Gasteiger partial charge in [-0.1, -0.05) is 42.1 Å². The number of rotatable bonds is 1. The van der Waals surface area contributed by atoms with Gasteiger partial charge >= 0.3 is 0 Å². The Morgan fingerprint density at radius 3 is 2.67 bits per heavy atom. The van der Waals surface area contributed by atoms with E-state index in [-0.39, 0.29) is 11.3 Å². The maximum absolute atomic E-state index is 10.9. The molecule has 0 aliphatic carbocycles. The molecule has 1 heterocycles. The third-order valence-electron chi connectivity index (χ3n) is 1.88. The Bertz CT molecular complexity index is 286. The van der Waals surface area contributed by atoms with Crippen LogP contribution in [0.3, 0.4) is 0 Å². The van der Waals surface area contributed by atoms with Crippen LogP contribution in [-0.2, 0) is 0 Å². The molecule has 0 unspecified atom stereocenters. The summed E-state index contributed by atoms with van der Waals surface area (Å²) in [4.78, 5) is 10.9. The van der Waals surface area contributed by atoms with Gasteiger partial charge in [-0.15, -0.1) is 0 Å². The quantitative estimate of drug-likeness (QED) is 0.716. The average molecular weight is 179 g/mol. The highest BCUT2D eigenvalue weighted by molar-refractivity contribution is 8.13.